The maximum Gasteiger partial charge on any atom is 0.242 e. The number of nitrogens with zero attached hydrogens (tertiary/aromatic N) is 1. The lowest BCUT2D eigenvalue weighted by Gasteiger charge is -2.32. The van der Waals surface area contributed by atoms with Crippen molar-refractivity contribution in [1.82, 2.24) is 10.2 Å². The fourth-order valence-corrected chi connectivity index (χ4v) is 4.25. The summed E-state index contributed by atoms with van der Waals surface area (Å²) in [7, 11) is 0. The smallest absolute Gasteiger partial charge is 0.242 e. The summed E-state index contributed by atoms with van der Waals surface area (Å²) in [5.74, 6) is -0.309. The lowest BCUT2D eigenvalue weighted by molar-refractivity contribution is -0.141. The van der Waals surface area contributed by atoms with Crippen molar-refractivity contribution in [2.75, 3.05) is 0 Å². The molecule has 0 saturated carbocycles. The normalized spacial score (nSPS) is 12.4. The third kappa shape index (κ3) is 6.72. The third-order valence-electron chi connectivity index (χ3n) is 5.51. The molecule has 0 unspecified atom stereocenters. The Bertz CT molecular complexity index is 1150. The number of carbonyl (C=O) groups is 2. The van der Waals surface area contributed by atoms with E-state index in [-0.39, 0.29) is 24.8 Å². The van der Waals surface area contributed by atoms with Crippen LogP contribution in [0.3, 0.4) is 0 Å². The van der Waals surface area contributed by atoms with E-state index in [1.807, 2.05) is 45.0 Å². The average Bonchev–Trinajstić information content (AvgIpc) is 2.75. The number of hydrogen-bond donors (Lipinski definition) is 1. The highest BCUT2D eigenvalue weighted by Crippen LogP contribution is 2.25. The number of carbonyl (C=O) groups excluding carboxylic acids is 2. The number of amides is 2. The lowest BCUT2D eigenvalue weighted by atomic mass is 10.0. The maximum atomic E-state index is 13.4. The molecule has 0 aliphatic carbocycles. The van der Waals surface area contributed by atoms with E-state index in [4.69, 9.17) is 23.2 Å². The van der Waals surface area contributed by atoms with Gasteiger partial charge in [-0.2, -0.15) is 0 Å². The Morgan fingerprint density at radius 3 is 2.36 bits per heavy atom. The second-order valence-electron chi connectivity index (χ2n) is 9.31. The minimum absolute atomic E-state index is 0.106. The quantitative estimate of drug-likeness (QED) is 0.420. The Kier molecular flexibility index (Phi) is 8.04. The second kappa shape index (κ2) is 10.6. The van der Waals surface area contributed by atoms with Gasteiger partial charge in [-0.1, -0.05) is 71.7 Å². The number of rotatable bonds is 7. The molecule has 0 aromatic heterocycles. The van der Waals surface area contributed by atoms with Gasteiger partial charge in [0.1, 0.15) is 6.04 Å². The molecular formula is C27H30Cl2N2O2. The van der Waals surface area contributed by atoms with Gasteiger partial charge in [0.05, 0.1) is 0 Å². The van der Waals surface area contributed by atoms with E-state index < -0.39 is 11.6 Å². The van der Waals surface area contributed by atoms with Crippen molar-refractivity contribution < 1.29 is 9.59 Å². The predicted molar refractivity (Wildman–Crippen MR) is 137 cm³/mol. The first-order valence-corrected chi connectivity index (χ1v) is 11.8. The zero-order chi connectivity index (χ0) is 24.2. The number of halogens is 2. The van der Waals surface area contributed by atoms with Gasteiger partial charge in [0, 0.05) is 28.5 Å². The molecule has 6 heteroatoms. The van der Waals surface area contributed by atoms with E-state index in [2.05, 4.69) is 23.5 Å². The van der Waals surface area contributed by atoms with Crippen LogP contribution in [-0.4, -0.2) is 28.3 Å². The average molecular weight is 485 g/mol. The molecule has 4 nitrogen and oxygen atoms in total. The van der Waals surface area contributed by atoms with Crippen molar-refractivity contribution >= 4 is 45.8 Å². The van der Waals surface area contributed by atoms with Crippen molar-refractivity contribution in [2.45, 2.75) is 58.7 Å². The summed E-state index contributed by atoms with van der Waals surface area (Å²) < 4.78 is 0. The molecule has 1 atom stereocenters. The van der Waals surface area contributed by atoms with Gasteiger partial charge in [0.25, 0.3) is 0 Å². The zero-order valence-corrected chi connectivity index (χ0v) is 21.0. The fraction of sp³-hybridized carbons (Fsp3) is 0.333. The van der Waals surface area contributed by atoms with Gasteiger partial charge in [-0.3, -0.25) is 9.59 Å². The molecule has 0 saturated heterocycles. The molecule has 0 bridgehead atoms. The first kappa shape index (κ1) is 25.1. The summed E-state index contributed by atoms with van der Waals surface area (Å²) in [6.07, 6.45) is 0.866. The standard InChI is InChI=1S/C27H30Cl2N2O2/c1-18(26(33)30-27(2,3)4)31(17-21-12-14-22(28)16-24(21)29)25(32)15-13-20-10-7-9-19-8-5-6-11-23(19)20/h5-12,14,16,18H,13,15,17H2,1-4H3,(H,30,33)/t18-/m0/s1. The van der Waals surface area contributed by atoms with E-state index in [1.54, 1.807) is 30.0 Å². The molecule has 174 valence electrons. The Morgan fingerprint density at radius 2 is 1.67 bits per heavy atom. The van der Waals surface area contributed by atoms with Crippen LogP contribution in [0.25, 0.3) is 10.8 Å². The second-order valence-corrected chi connectivity index (χ2v) is 10.2. The maximum absolute atomic E-state index is 13.4. The van der Waals surface area contributed by atoms with Crippen molar-refractivity contribution in [3.8, 4) is 0 Å². The van der Waals surface area contributed by atoms with E-state index >= 15 is 0 Å². The molecule has 0 fully saturated rings. The molecule has 2 amide bonds. The molecule has 0 aliphatic heterocycles. The molecule has 0 aliphatic rings. The van der Waals surface area contributed by atoms with Gasteiger partial charge in [0.15, 0.2) is 0 Å². The first-order chi connectivity index (χ1) is 15.5. The first-order valence-electron chi connectivity index (χ1n) is 11.1. The van der Waals surface area contributed by atoms with Gasteiger partial charge in [-0.15, -0.1) is 0 Å². The van der Waals surface area contributed by atoms with E-state index in [9.17, 15) is 9.59 Å². The monoisotopic (exact) mass is 484 g/mol. The van der Waals surface area contributed by atoms with Crippen LogP contribution < -0.4 is 5.32 Å². The van der Waals surface area contributed by atoms with Crippen molar-refractivity contribution in [2.24, 2.45) is 0 Å². The topological polar surface area (TPSA) is 49.4 Å². The molecule has 1 N–H and O–H groups in total. The van der Waals surface area contributed by atoms with E-state index in [0.29, 0.717) is 16.5 Å². The van der Waals surface area contributed by atoms with Crippen LogP contribution in [0.2, 0.25) is 10.0 Å². The predicted octanol–water partition coefficient (Wildman–Crippen LogP) is 6.41. The molecule has 0 heterocycles. The van der Waals surface area contributed by atoms with E-state index in [0.717, 1.165) is 21.9 Å². The van der Waals surface area contributed by atoms with Crippen LogP contribution in [0.1, 0.15) is 45.2 Å². The van der Waals surface area contributed by atoms with Gasteiger partial charge < -0.3 is 10.2 Å². The van der Waals surface area contributed by atoms with Crippen LogP contribution in [0.15, 0.2) is 60.7 Å². The number of nitrogens with one attached hydrogen (secondary N) is 1. The lowest BCUT2D eigenvalue weighted by Crippen LogP contribution is -2.52. The van der Waals surface area contributed by atoms with Crippen LogP contribution in [0.5, 0.6) is 0 Å². The SMILES string of the molecule is C[C@@H](C(=O)NC(C)(C)C)N(Cc1ccc(Cl)cc1Cl)C(=O)CCc1cccc2ccccc12. The zero-order valence-electron chi connectivity index (χ0n) is 19.5. The summed E-state index contributed by atoms with van der Waals surface area (Å²) in [5, 5.41) is 6.25. The molecule has 0 spiro atoms. The molecular weight excluding hydrogens is 455 g/mol. The summed E-state index contributed by atoms with van der Waals surface area (Å²) >= 11 is 12.4. The Labute approximate surface area is 205 Å². The van der Waals surface area contributed by atoms with E-state index in [1.165, 1.54) is 0 Å². The molecule has 33 heavy (non-hydrogen) atoms. The van der Waals surface area contributed by atoms with Crippen LogP contribution in [0.4, 0.5) is 0 Å². The highest BCUT2D eigenvalue weighted by Gasteiger charge is 2.28. The van der Waals surface area contributed by atoms with Crippen LogP contribution in [-0.2, 0) is 22.6 Å². The highest BCUT2D eigenvalue weighted by molar-refractivity contribution is 6.35. The van der Waals surface area contributed by atoms with Crippen molar-refractivity contribution in [1.29, 1.82) is 0 Å². The third-order valence-corrected chi connectivity index (χ3v) is 6.10. The minimum Gasteiger partial charge on any atom is -0.350 e. The van der Waals surface area contributed by atoms with Gasteiger partial charge in [-0.05, 0) is 68.1 Å². The number of aryl methyl sites for hydroxylation is 1. The summed E-state index contributed by atoms with van der Waals surface area (Å²) in [6, 6.07) is 18.8. The van der Waals surface area contributed by atoms with Crippen molar-refractivity contribution in [3.05, 3.63) is 81.8 Å². The fourth-order valence-electron chi connectivity index (χ4n) is 3.79. The molecule has 3 aromatic carbocycles. The summed E-state index contributed by atoms with van der Waals surface area (Å²) in [6.45, 7) is 7.73. The summed E-state index contributed by atoms with van der Waals surface area (Å²) in [5.41, 5.74) is 1.45. The summed E-state index contributed by atoms with van der Waals surface area (Å²) in [4.78, 5) is 27.9. The Hall–Kier alpha value is -2.56. The molecule has 0 radical (unpaired) electrons. The van der Waals surface area contributed by atoms with Gasteiger partial charge in [0.2, 0.25) is 11.8 Å². The van der Waals surface area contributed by atoms with Gasteiger partial charge in [-0.25, -0.2) is 0 Å². The molecule has 3 aromatic rings. The minimum atomic E-state index is -0.656. The highest BCUT2D eigenvalue weighted by atomic mass is 35.5. The Morgan fingerprint density at radius 1 is 0.970 bits per heavy atom. The number of benzene rings is 3. The largest absolute Gasteiger partial charge is 0.350 e. The molecule has 3 rings (SSSR count). The number of fused-ring (bicyclic) bond motifs is 1. The Balaban J connectivity index is 1.83. The van der Waals surface area contributed by atoms with Gasteiger partial charge >= 0.3 is 0 Å². The number of hydrogen-bond acceptors (Lipinski definition) is 2. The van der Waals surface area contributed by atoms with Crippen LogP contribution >= 0.6 is 23.2 Å². The van der Waals surface area contributed by atoms with Crippen LogP contribution in [0, 0.1) is 0 Å². The van der Waals surface area contributed by atoms with Crippen molar-refractivity contribution in [3.63, 3.8) is 0 Å².